The fourth-order valence-electron chi connectivity index (χ4n) is 1.43. The Balaban J connectivity index is 4.38. The maximum absolute atomic E-state index is 11.9. The van der Waals surface area contributed by atoms with E-state index in [1.807, 2.05) is 13.8 Å². The number of aliphatic hydroxyl groups is 1. The highest BCUT2D eigenvalue weighted by atomic mass is 16.5. The minimum Gasteiger partial charge on any atom is -0.466 e. The van der Waals surface area contributed by atoms with Gasteiger partial charge in [-0.05, 0) is 13.8 Å². The number of carbonyl (C=O) groups is 3. The molecule has 0 aromatic carbocycles. The number of esters is 2. The molecule has 20 heavy (non-hydrogen) atoms. The van der Waals surface area contributed by atoms with E-state index < -0.39 is 24.5 Å². The molecule has 1 amide bonds. The SMILES string of the molecule is CCN(CC)C(=O)C(CO)COC(=O)/C=C/C(=O)OC. The first kappa shape index (κ1) is 18.1. The van der Waals surface area contributed by atoms with Crippen LogP contribution in [0.1, 0.15) is 13.8 Å². The summed E-state index contributed by atoms with van der Waals surface area (Å²) in [4.78, 5) is 35.5. The molecule has 0 bridgehead atoms. The topological polar surface area (TPSA) is 93.1 Å². The maximum Gasteiger partial charge on any atom is 0.331 e. The first-order valence-corrected chi connectivity index (χ1v) is 6.32. The van der Waals surface area contributed by atoms with Gasteiger partial charge in [0.2, 0.25) is 5.91 Å². The van der Waals surface area contributed by atoms with E-state index in [4.69, 9.17) is 4.74 Å². The van der Waals surface area contributed by atoms with Crippen LogP contribution in [0, 0.1) is 5.92 Å². The van der Waals surface area contributed by atoms with E-state index in [9.17, 15) is 19.5 Å². The number of ether oxygens (including phenoxy) is 2. The highest BCUT2D eigenvalue weighted by Gasteiger charge is 2.23. The van der Waals surface area contributed by atoms with Crippen molar-refractivity contribution in [2.45, 2.75) is 13.8 Å². The molecule has 0 spiro atoms. The molecule has 1 N–H and O–H groups in total. The largest absolute Gasteiger partial charge is 0.466 e. The number of amides is 1. The van der Waals surface area contributed by atoms with Gasteiger partial charge in [0.1, 0.15) is 6.61 Å². The zero-order chi connectivity index (χ0) is 15.5. The van der Waals surface area contributed by atoms with Crippen LogP contribution in [0.25, 0.3) is 0 Å². The lowest BCUT2D eigenvalue weighted by Crippen LogP contribution is -2.39. The monoisotopic (exact) mass is 287 g/mol. The number of nitrogens with zero attached hydrogens (tertiary/aromatic N) is 1. The normalized spacial score (nSPS) is 12.0. The van der Waals surface area contributed by atoms with Crippen molar-refractivity contribution in [2.24, 2.45) is 5.92 Å². The Morgan fingerprint density at radius 1 is 1.15 bits per heavy atom. The van der Waals surface area contributed by atoms with Crippen molar-refractivity contribution in [1.82, 2.24) is 4.90 Å². The number of carbonyl (C=O) groups excluding carboxylic acids is 3. The van der Waals surface area contributed by atoms with E-state index in [-0.39, 0.29) is 12.5 Å². The zero-order valence-corrected chi connectivity index (χ0v) is 12.0. The van der Waals surface area contributed by atoms with Crippen LogP contribution >= 0.6 is 0 Å². The molecule has 0 aliphatic rings. The quantitative estimate of drug-likeness (QED) is 0.488. The van der Waals surface area contributed by atoms with Gasteiger partial charge in [-0.25, -0.2) is 9.59 Å². The zero-order valence-electron chi connectivity index (χ0n) is 12.0. The van der Waals surface area contributed by atoms with Crippen LogP contribution in [-0.4, -0.2) is 61.3 Å². The molecule has 0 heterocycles. The second-order valence-corrected chi connectivity index (χ2v) is 3.88. The third-order valence-corrected chi connectivity index (χ3v) is 2.63. The predicted octanol–water partition coefficient (Wildman–Crippen LogP) is -0.264. The Hall–Kier alpha value is -1.89. The van der Waals surface area contributed by atoms with Crippen LogP contribution < -0.4 is 0 Å². The molecule has 0 aliphatic heterocycles. The minimum absolute atomic E-state index is 0.240. The number of hydrogen-bond acceptors (Lipinski definition) is 6. The van der Waals surface area contributed by atoms with Gasteiger partial charge in [-0.15, -0.1) is 0 Å². The summed E-state index contributed by atoms with van der Waals surface area (Å²) < 4.78 is 9.12. The van der Waals surface area contributed by atoms with Crippen molar-refractivity contribution in [3.05, 3.63) is 12.2 Å². The van der Waals surface area contributed by atoms with Gasteiger partial charge < -0.3 is 19.5 Å². The lowest BCUT2D eigenvalue weighted by atomic mass is 10.1. The van der Waals surface area contributed by atoms with Gasteiger partial charge in [0.15, 0.2) is 0 Å². The highest BCUT2D eigenvalue weighted by Crippen LogP contribution is 2.04. The summed E-state index contributed by atoms with van der Waals surface area (Å²) in [5.74, 6) is -2.53. The molecule has 114 valence electrons. The summed E-state index contributed by atoms with van der Waals surface area (Å²) in [6, 6.07) is 0. The van der Waals surface area contributed by atoms with E-state index in [1.165, 1.54) is 7.11 Å². The Labute approximate surface area is 118 Å². The van der Waals surface area contributed by atoms with Gasteiger partial charge in [-0.1, -0.05) is 0 Å². The molecule has 0 aliphatic carbocycles. The van der Waals surface area contributed by atoms with E-state index in [0.29, 0.717) is 13.1 Å². The van der Waals surface area contributed by atoms with E-state index >= 15 is 0 Å². The Kier molecular flexibility index (Phi) is 9.02. The molecule has 1 unspecified atom stereocenters. The first-order chi connectivity index (χ1) is 9.49. The minimum atomic E-state index is -0.801. The van der Waals surface area contributed by atoms with Crippen LogP contribution in [0.3, 0.4) is 0 Å². The Morgan fingerprint density at radius 3 is 2.15 bits per heavy atom. The standard InChI is InChI=1S/C13H21NO6/c1-4-14(5-2)13(18)10(8-15)9-20-12(17)7-6-11(16)19-3/h6-7,10,15H,4-5,8-9H2,1-3H3/b7-6+. The molecule has 0 saturated heterocycles. The van der Waals surface area contributed by atoms with Gasteiger partial charge >= 0.3 is 11.9 Å². The van der Waals surface area contributed by atoms with Crippen molar-refractivity contribution in [3.63, 3.8) is 0 Å². The summed E-state index contributed by atoms with van der Waals surface area (Å²) in [5.41, 5.74) is 0. The lowest BCUT2D eigenvalue weighted by molar-refractivity contribution is -0.146. The molecule has 0 fully saturated rings. The van der Waals surface area contributed by atoms with E-state index in [2.05, 4.69) is 4.74 Å². The molecule has 7 heteroatoms. The van der Waals surface area contributed by atoms with Gasteiger partial charge in [0.25, 0.3) is 0 Å². The maximum atomic E-state index is 11.9. The Morgan fingerprint density at radius 2 is 1.70 bits per heavy atom. The number of rotatable bonds is 8. The van der Waals surface area contributed by atoms with Crippen LogP contribution in [0.4, 0.5) is 0 Å². The molecule has 1 atom stereocenters. The van der Waals surface area contributed by atoms with Crippen LogP contribution in [0.15, 0.2) is 12.2 Å². The summed E-state index contributed by atoms with van der Waals surface area (Å²) >= 11 is 0. The molecular formula is C13H21NO6. The van der Waals surface area contributed by atoms with E-state index in [1.54, 1.807) is 4.90 Å². The second kappa shape index (κ2) is 9.96. The molecular weight excluding hydrogens is 266 g/mol. The van der Waals surface area contributed by atoms with Crippen LogP contribution in [-0.2, 0) is 23.9 Å². The van der Waals surface area contributed by atoms with Crippen molar-refractivity contribution >= 4 is 17.8 Å². The number of aliphatic hydroxyl groups excluding tert-OH is 1. The average Bonchev–Trinajstić information content (AvgIpc) is 2.46. The molecule has 7 nitrogen and oxygen atoms in total. The van der Waals surface area contributed by atoms with Crippen molar-refractivity contribution < 1.29 is 29.0 Å². The van der Waals surface area contributed by atoms with Gasteiger partial charge in [-0.3, -0.25) is 4.79 Å². The van der Waals surface area contributed by atoms with Crippen molar-refractivity contribution in [1.29, 1.82) is 0 Å². The van der Waals surface area contributed by atoms with Crippen molar-refractivity contribution in [2.75, 3.05) is 33.4 Å². The van der Waals surface area contributed by atoms with E-state index in [0.717, 1.165) is 12.2 Å². The Bertz CT molecular complexity index is 362. The summed E-state index contributed by atoms with van der Waals surface area (Å²) in [7, 11) is 1.18. The smallest absolute Gasteiger partial charge is 0.331 e. The third-order valence-electron chi connectivity index (χ3n) is 2.63. The average molecular weight is 287 g/mol. The predicted molar refractivity (Wildman–Crippen MR) is 70.6 cm³/mol. The first-order valence-electron chi connectivity index (χ1n) is 6.32. The second-order valence-electron chi connectivity index (χ2n) is 3.88. The van der Waals surface area contributed by atoms with Crippen LogP contribution in [0.2, 0.25) is 0 Å². The fourth-order valence-corrected chi connectivity index (χ4v) is 1.43. The van der Waals surface area contributed by atoms with Gasteiger partial charge in [-0.2, -0.15) is 0 Å². The van der Waals surface area contributed by atoms with Crippen molar-refractivity contribution in [3.8, 4) is 0 Å². The summed E-state index contributed by atoms with van der Waals surface area (Å²) in [6.45, 7) is 4.02. The molecule has 0 aromatic rings. The molecule has 0 aromatic heterocycles. The third kappa shape index (κ3) is 6.33. The molecule has 0 rings (SSSR count). The van der Waals surface area contributed by atoms with Crippen LogP contribution in [0.5, 0.6) is 0 Å². The highest BCUT2D eigenvalue weighted by molar-refractivity contribution is 5.91. The lowest BCUT2D eigenvalue weighted by Gasteiger charge is -2.23. The number of hydrogen-bond donors (Lipinski definition) is 1. The fraction of sp³-hybridized carbons (Fsp3) is 0.615. The summed E-state index contributed by atoms with van der Waals surface area (Å²) in [5, 5.41) is 9.17. The summed E-state index contributed by atoms with van der Waals surface area (Å²) in [6.07, 6.45) is 1.82. The molecule has 0 radical (unpaired) electrons. The van der Waals surface area contributed by atoms with Gasteiger partial charge in [0.05, 0.1) is 19.6 Å². The number of methoxy groups -OCH3 is 1. The molecule has 0 saturated carbocycles. The van der Waals surface area contributed by atoms with Gasteiger partial charge in [0, 0.05) is 25.2 Å².